The van der Waals surface area contributed by atoms with Crippen LogP contribution in [0.5, 0.6) is 0 Å². The van der Waals surface area contributed by atoms with Crippen LogP contribution < -0.4 is 0 Å². The molecule has 0 unspecified atom stereocenters. The third-order valence-electron chi connectivity index (χ3n) is 4.75. The summed E-state index contributed by atoms with van der Waals surface area (Å²) in [6.07, 6.45) is 3.68. The van der Waals surface area contributed by atoms with Gasteiger partial charge in [0.1, 0.15) is 11.2 Å². The van der Waals surface area contributed by atoms with E-state index in [0.29, 0.717) is 0 Å². The topological polar surface area (TPSA) is 26.0 Å². The van der Waals surface area contributed by atoms with Crippen molar-refractivity contribution in [1.82, 2.24) is 4.98 Å². The van der Waals surface area contributed by atoms with Crippen LogP contribution >= 0.6 is 11.8 Å². The Morgan fingerprint density at radius 2 is 1.67 bits per heavy atom. The van der Waals surface area contributed by atoms with Crippen LogP contribution in [0.4, 0.5) is 0 Å². The Morgan fingerprint density at radius 1 is 0.750 bits per heavy atom. The minimum absolute atomic E-state index is 0.893. The molecule has 0 fully saturated rings. The Balaban J connectivity index is 1.91. The second kappa shape index (κ2) is 4.40. The molecule has 3 heterocycles. The van der Waals surface area contributed by atoms with Crippen LogP contribution in [0.25, 0.3) is 43.8 Å². The average Bonchev–Trinajstić information content (AvgIpc) is 3.00. The van der Waals surface area contributed by atoms with Crippen LogP contribution in [0.1, 0.15) is 0 Å². The summed E-state index contributed by atoms with van der Waals surface area (Å²) in [6.45, 7) is 0. The lowest BCUT2D eigenvalue weighted by molar-refractivity contribution is 0.669. The van der Waals surface area contributed by atoms with Crippen molar-refractivity contribution in [1.29, 1.82) is 0 Å². The second-order valence-corrected chi connectivity index (χ2v) is 7.13. The van der Waals surface area contributed by atoms with Gasteiger partial charge in [0.2, 0.25) is 0 Å². The van der Waals surface area contributed by atoms with Crippen molar-refractivity contribution in [3.8, 4) is 11.1 Å². The van der Waals surface area contributed by atoms with Crippen molar-refractivity contribution >= 4 is 44.5 Å². The molecular weight excluding hydrogens is 314 g/mol. The Labute approximate surface area is 142 Å². The minimum atomic E-state index is 0.893. The maximum absolute atomic E-state index is 6.14. The summed E-state index contributed by atoms with van der Waals surface area (Å²) in [7, 11) is 0. The summed E-state index contributed by atoms with van der Waals surface area (Å²) in [4.78, 5) is 6.90. The summed E-state index contributed by atoms with van der Waals surface area (Å²) in [5.74, 6) is 0. The van der Waals surface area contributed by atoms with Gasteiger partial charge in [0.15, 0.2) is 0 Å². The van der Waals surface area contributed by atoms with Gasteiger partial charge in [0, 0.05) is 38.3 Å². The smallest absolute Gasteiger partial charge is 0.138 e. The molecule has 0 saturated carbocycles. The normalized spacial score (nSPS) is 12.8. The third-order valence-corrected chi connectivity index (χ3v) is 5.89. The number of nitrogens with zero attached hydrogens (tertiary/aromatic N) is 1. The predicted molar refractivity (Wildman–Crippen MR) is 98.6 cm³/mol. The fraction of sp³-hybridized carbons (Fsp3) is 0. The molecular formula is C21H11NOS. The number of pyridine rings is 1. The summed E-state index contributed by atoms with van der Waals surface area (Å²) in [5, 5.41) is 4.81. The number of rotatable bonds is 0. The molecule has 2 nitrogen and oxygen atoms in total. The highest BCUT2D eigenvalue weighted by atomic mass is 32.2. The lowest BCUT2D eigenvalue weighted by Crippen LogP contribution is -1.92. The van der Waals surface area contributed by atoms with Gasteiger partial charge in [0.05, 0.1) is 0 Å². The van der Waals surface area contributed by atoms with E-state index in [9.17, 15) is 0 Å². The van der Waals surface area contributed by atoms with E-state index in [0.717, 1.165) is 16.6 Å². The molecule has 112 valence electrons. The Hall–Kier alpha value is -2.78. The molecule has 0 amide bonds. The molecule has 24 heavy (non-hydrogen) atoms. The molecule has 0 saturated heterocycles. The zero-order valence-corrected chi connectivity index (χ0v) is 13.4. The van der Waals surface area contributed by atoms with Gasteiger partial charge in [-0.25, -0.2) is 0 Å². The van der Waals surface area contributed by atoms with Gasteiger partial charge in [-0.3, -0.25) is 4.98 Å². The Bertz CT molecular complexity index is 1290. The maximum atomic E-state index is 6.14. The van der Waals surface area contributed by atoms with Gasteiger partial charge in [-0.05, 0) is 40.8 Å². The van der Waals surface area contributed by atoms with Crippen LogP contribution in [-0.2, 0) is 0 Å². The van der Waals surface area contributed by atoms with E-state index in [1.54, 1.807) is 6.20 Å². The molecule has 3 aromatic carbocycles. The van der Waals surface area contributed by atoms with Crippen molar-refractivity contribution in [3.05, 3.63) is 67.0 Å². The van der Waals surface area contributed by atoms with Crippen LogP contribution in [-0.4, -0.2) is 4.98 Å². The van der Waals surface area contributed by atoms with E-state index in [1.165, 1.54) is 37.1 Å². The van der Waals surface area contributed by atoms with Crippen molar-refractivity contribution in [2.45, 2.75) is 9.79 Å². The van der Waals surface area contributed by atoms with Crippen LogP contribution in [0.15, 0.2) is 81.2 Å². The molecule has 2 aromatic heterocycles. The van der Waals surface area contributed by atoms with Crippen LogP contribution in [0, 0.1) is 0 Å². The molecule has 3 heteroatoms. The minimum Gasteiger partial charge on any atom is -0.456 e. The number of benzene rings is 3. The van der Waals surface area contributed by atoms with E-state index in [1.807, 2.05) is 24.0 Å². The fourth-order valence-electron chi connectivity index (χ4n) is 3.75. The molecule has 0 radical (unpaired) electrons. The standard InChI is InChI=1S/C21H11NOS/c1-2-6-18-12(4-1)14-10-17-20(15-11-22-9-8-16(15)23-17)13-5-3-7-19(24-18)21(13)14/h1-11H. The quantitative estimate of drug-likeness (QED) is 0.329. The van der Waals surface area contributed by atoms with Crippen molar-refractivity contribution in [2.75, 3.05) is 0 Å². The predicted octanol–water partition coefficient (Wildman–Crippen LogP) is 6.27. The van der Waals surface area contributed by atoms with E-state index < -0.39 is 0 Å². The second-order valence-electron chi connectivity index (χ2n) is 6.05. The molecule has 5 aromatic rings. The summed E-state index contributed by atoms with van der Waals surface area (Å²) >= 11 is 1.85. The molecule has 0 spiro atoms. The Morgan fingerprint density at radius 3 is 2.67 bits per heavy atom. The van der Waals surface area contributed by atoms with Crippen molar-refractivity contribution < 1.29 is 4.42 Å². The number of furan rings is 1. The molecule has 1 aliphatic heterocycles. The third kappa shape index (κ3) is 1.50. The first-order valence-corrected chi connectivity index (χ1v) is 8.71. The van der Waals surface area contributed by atoms with E-state index in [-0.39, 0.29) is 0 Å². The summed E-state index contributed by atoms with van der Waals surface area (Å²) < 4.78 is 6.14. The SMILES string of the molecule is c1ccc2c(c1)Sc1cccc3c1c-2cc1oc2ccncc2c13. The molecule has 0 bridgehead atoms. The van der Waals surface area contributed by atoms with E-state index >= 15 is 0 Å². The zero-order valence-electron chi connectivity index (χ0n) is 12.6. The van der Waals surface area contributed by atoms with Crippen LogP contribution in [0.2, 0.25) is 0 Å². The lowest BCUT2D eigenvalue weighted by atomic mass is 9.94. The van der Waals surface area contributed by atoms with Crippen molar-refractivity contribution in [3.63, 3.8) is 0 Å². The lowest BCUT2D eigenvalue weighted by Gasteiger charge is -2.20. The number of hydrogen-bond donors (Lipinski definition) is 0. The van der Waals surface area contributed by atoms with Crippen LogP contribution in [0.3, 0.4) is 0 Å². The average molecular weight is 325 g/mol. The maximum Gasteiger partial charge on any atom is 0.138 e. The first kappa shape index (κ1) is 12.6. The highest BCUT2D eigenvalue weighted by molar-refractivity contribution is 7.99. The van der Waals surface area contributed by atoms with Gasteiger partial charge < -0.3 is 4.42 Å². The summed E-state index contributed by atoms with van der Waals surface area (Å²) in [5.41, 5.74) is 4.37. The molecule has 6 rings (SSSR count). The largest absolute Gasteiger partial charge is 0.456 e. The first-order valence-electron chi connectivity index (χ1n) is 7.89. The Kier molecular flexibility index (Phi) is 2.31. The highest BCUT2D eigenvalue weighted by Gasteiger charge is 2.22. The van der Waals surface area contributed by atoms with Crippen molar-refractivity contribution in [2.24, 2.45) is 0 Å². The number of hydrogen-bond acceptors (Lipinski definition) is 3. The summed E-state index contributed by atoms with van der Waals surface area (Å²) in [6, 6.07) is 19.3. The number of fused-ring (bicyclic) bond motifs is 6. The molecule has 0 N–H and O–H groups in total. The monoisotopic (exact) mass is 325 g/mol. The number of aromatic nitrogens is 1. The van der Waals surface area contributed by atoms with Gasteiger partial charge >= 0.3 is 0 Å². The fourth-order valence-corrected chi connectivity index (χ4v) is 4.89. The van der Waals surface area contributed by atoms with Gasteiger partial charge in [-0.1, -0.05) is 42.1 Å². The van der Waals surface area contributed by atoms with E-state index in [4.69, 9.17) is 4.42 Å². The molecule has 1 aliphatic rings. The van der Waals surface area contributed by atoms with Gasteiger partial charge in [-0.15, -0.1) is 0 Å². The zero-order chi connectivity index (χ0) is 15.7. The van der Waals surface area contributed by atoms with E-state index in [2.05, 4.69) is 53.5 Å². The van der Waals surface area contributed by atoms with Gasteiger partial charge in [0.25, 0.3) is 0 Å². The molecule has 0 atom stereocenters. The first-order chi connectivity index (χ1) is 11.9. The molecule has 0 aliphatic carbocycles. The van der Waals surface area contributed by atoms with Gasteiger partial charge in [-0.2, -0.15) is 0 Å². The highest BCUT2D eigenvalue weighted by Crippen LogP contribution is 2.50.